The third-order valence-corrected chi connectivity index (χ3v) is 4.50. The Morgan fingerprint density at radius 1 is 1.19 bits per heavy atom. The second kappa shape index (κ2) is 8.65. The topological polar surface area (TPSA) is 64.4 Å². The standard InChI is InChI=1S/C20H27N3O3/c1-14(2)22(12-11-20(25)26-5)19(24)13-18-15(3)21-23(16(18)4)17-9-7-6-8-10-17/h6-10,14H,11-13H2,1-5H3. The molecule has 0 atom stereocenters. The highest BCUT2D eigenvalue weighted by molar-refractivity contribution is 5.80. The van der Waals surface area contributed by atoms with Gasteiger partial charge in [0, 0.05) is 23.8 Å². The highest BCUT2D eigenvalue weighted by Crippen LogP contribution is 2.19. The lowest BCUT2D eigenvalue weighted by Crippen LogP contribution is -2.39. The van der Waals surface area contributed by atoms with Crippen molar-refractivity contribution in [1.29, 1.82) is 0 Å². The molecule has 0 unspecified atom stereocenters. The van der Waals surface area contributed by atoms with Gasteiger partial charge in [0.2, 0.25) is 5.91 Å². The smallest absolute Gasteiger partial charge is 0.307 e. The first-order valence-electron chi connectivity index (χ1n) is 8.82. The molecule has 2 aromatic rings. The second-order valence-electron chi connectivity index (χ2n) is 6.58. The Kier molecular flexibility index (Phi) is 6.55. The van der Waals surface area contributed by atoms with Crippen LogP contribution >= 0.6 is 0 Å². The Hall–Kier alpha value is -2.63. The first-order chi connectivity index (χ1) is 12.3. The summed E-state index contributed by atoms with van der Waals surface area (Å²) in [6.45, 7) is 8.14. The minimum absolute atomic E-state index is 0.0111. The summed E-state index contributed by atoms with van der Waals surface area (Å²) in [4.78, 5) is 26.0. The molecule has 1 heterocycles. The molecule has 1 amide bonds. The molecule has 0 fully saturated rings. The normalized spacial score (nSPS) is 10.8. The summed E-state index contributed by atoms with van der Waals surface area (Å²) in [5, 5.41) is 4.60. The number of aromatic nitrogens is 2. The summed E-state index contributed by atoms with van der Waals surface area (Å²) in [6.07, 6.45) is 0.464. The van der Waals surface area contributed by atoms with Crippen LogP contribution in [0.25, 0.3) is 5.69 Å². The van der Waals surface area contributed by atoms with E-state index in [0.29, 0.717) is 6.54 Å². The maximum atomic E-state index is 12.8. The van der Waals surface area contributed by atoms with Gasteiger partial charge in [-0.25, -0.2) is 4.68 Å². The molecule has 0 spiro atoms. The molecular formula is C20H27N3O3. The van der Waals surface area contributed by atoms with Crippen molar-refractivity contribution in [3.8, 4) is 5.69 Å². The zero-order valence-electron chi connectivity index (χ0n) is 16.2. The van der Waals surface area contributed by atoms with Crippen molar-refractivity contribution in [1.82, 2.24) is 14.7 Å². The number of carbonyl (C=O) groups is 2. The average molecular weight is 357 g/mol. The first-order valence-corrected chi connectivity index (χ1v) is 8.82. The van der Waals surface area contributed by atoms with Gasteiger partial charge in [-0.3, -0.25) is 9.59 Å². The SMILES string of the molecule is COC(=O)CCN(C(=O)Cc1c(C)nn(-c2ccccc2)c1C)C(C)C. The Bertz CT molecular complexity index is 766. The molecule has 26 heavy (non-hydrogen) atoms. The Balaban J connectivity index is 2.19. The monoisotopic (exact) mass is 357 g/mol. The zero-order valence-corrected chi connectivity index (χ0v) is 16.2. The number of benzene rings is 1. The summed E-state index contributed by atoms with van der Waals surface area (Å²) in [5.41, 5.74) is 3.70. The van der Waals surface area contributed by atoms with E-state index in [1.807, 2.05) is 62.7 Å². The van der Waals surface area contributed by atoms with Crippen LogP contribution in [-0.4, -0.2) is 46.3 Å². The van der Waals surface area contributed by atoms with Crippen molar-refractivity contribution >= 4 is 11.9 Å². The summed E-state index contributed by atoms with van der Waals surface area (Å²) < 4.78 is 6.55. The number of amides is 1. The zero-order chi connectivity index (χ0) is 19.3. The summed E-state index contributed by atoms with van der Waals surface area (Å²) in [6, 6.07) is 9.87. The van der Waals surface area contributed by atoms with Gasteiger partial charge in [0.1, 0.15) is 0 Å². The first kappa shape index (κ1) is 19.7. The average Bonchev–Trinajstić information content (AvgIpc) is 2.90. The molecule has 0 bridgehead atoms. The molecule has 0 aliphatic heterocycles. The van der Waals surface area contributed by atoms with E-state index in [4.69, 9.17) is 0 Å². The number of aryl methyl sites for hydroxylation is 1. The number of esters is 1. The molecule has 0 aliphatic rings. The lowest BCUT2D eigenvalue weighted by molar-refractivity contribution is -0.142. The van der Waals surface area contributed by atoms with Gasteiger partial charge >= 0.3 is 5.97 Å². The molecule has 0 N–H and O–H groups in total. The van der Waals surface area contributed by atoms with Crippen molar-refractivity contribution in [2.75, 3.05) is 13.7 Å². The lowest BCUT2D eigenvalue weighted by atomic mass is 10.1. The number of hydrogen-bond acceptors (Lipinski definition) is 4. The van der Waals surface area contributed by atoms with E-state index in [2.05, 4.69) is 9.84 Å². The van der Waals surface area contributed by atoms with Crippen LogP contribution in [0.4, 0.5) is 0 Å². The molecule has 1 aromatic carbocycles. The van der Waals surface area contributed by atoms with Crippen LogP contribution in [0.3, 0.4) is 0 Å². The predicted octanol–water partition coefficient (Wildman–Crippen LogP) is 2.83. The fourth-order valence-corrected chi connectivity index (χ4v) is 2.99. The van der Waals surface area contributed by atoms with Crippen LogP contribution in [0.15, 0.2) is 30.3 Å². The predicted molar refractivity (Wildman–Crippen MR) is 100 cm³/mol. The molecule has 6 nitrogen and oxygen atoms in total. The fourth-order valence-electron chi connectivity index (χ4n) is 2.99. The molecule has 0 saturated carbocycles. The number of hydrogen-bond donors (Lipinski definition) is 0. The lowest BCUT2D eigenvalue weighted by Gasteiger charge is -2.26. The molecule has 0 saturated heterocycles. The van der Waals surface area contributed by atoms with E-state index in [9.17, 15) is 9.59 Å². The van der Waals surface area contributed by atoms with Gasteiger partial charge in [-0.1, -0.05) is 18.2 Å². The molecule has 1 aromatic heterocycles. The van der Waals surface area contributed by atoms with Gasteiger partial charge in [0.05, 0.1) is 31.3 Å². The minimum Gasteiger partial charge on any atom is -0.469 e. The third kappa shape index (κ3) is 4.50. The van der Waals surface area contributed by atoms with E-state index in [1.165, 1.54) is 7.11 Å². The number of nitrogens with zero attached hydrogens (tertiary/aromatic N) is 3. The van der Waals surface area contributed by atoms with Gasteiger partial charge in [-0.15, -0.1) is 0 Å². The maximum Gasteiger partial charge on any atom is 0.307 e. The van der Waals surface area contributed by atoms with Crippen LogP contribution in [0.5, 0.6) is 0 Å². The molecule has 6 heteroatoms. The Morgan fingerprint density at radius 3 is 2.42 bits per heavy atom. The number of carbonyl (C=O) groups excluding carboxylic acids is 2. The summed E-state index contributed by atoms with van der Waals surface area (Å²) in [7, 11) is 1.36. The minimum atomic E-state index is -0.312. The summed E-state index contributed by atoms with van der Waals surface area (Å²) >= 11 is 0. The van der Waals surface area contributed by atoms with E-state index >= 15 is 0 Å². The number of ether oxygens (including phenoxy) is 1. The largest absolute Gasteiger partial charge is 0.469 e. The van der Waals surface area contributed by atoms with E-state index in [-0.39, 0.29) is 30.8 Å². The van der Waals surface area contributed by atoms with Crippen LogP contribution in [0, 0.1) is 13.8 Å². The summed E-state index contributed by atoms with van der Waals surface area (Å²) in [5.74, 6) is -0.324. The van der Waals surface area contributed by atoms with Gasteiger partial charge in [-0.05, 0) is 39.8 Å². The number of rotatable bonds is 7. The Morgan fingerprint density at radius 2 is 1.85 bits per heavy atom. The van der Waals surface area contributed by atoms with Gasteiger partial charge < -0.3 is 9.64 Å². The van der Waals surface area contributed by atoms with Crippen molar-refractivity contribution in [3.05, 3.63) is 47.3 Å². The molecule has 140 valence electrons. The maximum absolute atomic E-state index is 12.8. The quantitative estimate of drug-likeness (QED) is 0.715. The van der Waals surface area contributed by atoms with Gasteiger partial charge in [-0.2, -0.15) is 5.10 Å². The van der Waals surface area contributed by atoms with Crippen LogP contribution in [0.2, 0.25) is 0 Å². The molecular weight excluding hydrogens is 330 g/mol. The van der Waals surface area contributed by atoms with Gasteiger partial charge in [0.25, 0.3) is 0 Å². The van der Waals surface area contributed by atoms with Crippen molar-refractivity contribution in [3.63, 3.8) is 0 Å². The van der Waals surface area contributed by atoms with Crippen LogP contribution < -0.4 is 0 Å². The van der Waals surface area contributed by atoms with Crippen LogP contribution in [0.1, 0.15) is 37.2 Å². The highest BCUT2D eigenvalue weighted by atomic mass is 16.5. The van der Waals surface area contributed by atoms with Crippen LogP contribution in [-0.2, 0) is 20.7 Å². The van der Waals surface area contributed by atoms with Gasteiger partial charge in [0.15, 0.2) is 0 Å². The van der Waals surface area contributed by atoms with E-state index in [0.717, 1.165) is 22.6 Å². The third-order valence-electron chi connectivity index (χ3n) is 4.50. The molecule has 2 rings (SSSR count). The van der Waals surface area contributed by atoms with Crippen molar-refractivity contribution < 1.29 is 14.3 Å². The molecule has 0 radical (unpaired) electrons. The van der Waals surface area contributed by atoms with E-state index < -0.39 is 0 Å². The molecule has 0 aliphatic carbocycles. The highest BCUT2D eigenvalue weighted by Gasteiger charge is 2.22. The van der Waals surface area contributed by atoms with E-state index in [1.54, 1.807) is 4.90 Å². The fraction of sp³-hybridized carbons (Fsp3) is 0.450. The van der Waals surface area contributed by atoms with Crippen molar-refractivity contribution in [2.24, 2.45) is 0 Å². The number of para-hydroxylation sites is 1. The van der Waals surface area contributed by atoms with Crippen molar-refractivity contribution in [2.45, 2.75) is 46.6 Å². The Labute approximate surface area is 154 Å². The number of methoxy groups -OCH3 is 1. The second-order valence-corrected chi connectivity index (χ2v) is 6.58.